The number of aliphatic hydroxyl groups excluding tert-OH is 1. The van der Waals surface area contributed by atoms with E-state index in [0.29, 0.717) is 35.7 Å². The molecule has 1 aromatic heterocycles. The Morgan fingerprint density at radius 2 is 2.14 bits per heavy atom. The highest BCUT2D eigenvalue weighted by Gasteiger charge is 2.57. The van der Waals surface area contributed by atoms with Gasteiger partial charge in [-0.15, -0.1) is 11.8 Å². The predicted molar refractivity (Wildman–Crippen MR) is 89.9 cm³/mol. The summed E-state index contributed by atoms with van der Waals surface area (Å²) in [6.07, 6.45) is 4.30. The normalized spacial score (nSPS) is 34.0. The molecule has 0 amide bonds. The maximum Gasteiger partial charge on any atom is 0.0960 e. The molecule has 1 heterocycles. The minimum Gasteiger partial charge on any atom is -0.390 e. The first kappa shape index (κ1) is 16.3. The van der Waals surface area contributed by atoms with E-state index in [1.165, 1.54) is 12.8 Å². The average molecular weight is 321 g/mol. The molecule has 2 aliphatic rings. The number of nitrogens with zero attached hydrogens (tertiary/aromatic N) is 1. The van der Waals surface area contributed by atoms with Crippen LogP contribution in [0.1, 0.15) is 33.6 Å². The standard InChI is InChI=1S/C18H27NO2S/c1-12-14-7-8-15(18(14,2)3)17(12)21-10-13(20)11-22-16-6-4-5-9-19-16/h4-6,9,12-15,17,20H,7-8,10-11H2,1-3H3/t12-,13+,14+,15+,17-/m0/s1. The fraction of sp³-hybridized carbons (Fsp3) is 0.722. The fourth-order valence-electron chi connectivity index (χ4n) is 4.65. The predicted octanol–water partition coefficient (Wildman–Crippen LogP) is 3.62. The largest absolute Gasteiger partial charge is 0.390 e. The minimum absolute atomic E-state index is 0.322. The van der Waals surface area contributed by atoms with Crippen LogP contribution >= 0.6 is 11.8 Å². The summed E-state index contributed by atoms with van der Waals surface area (Å²) >= 11 is 1.59. The summed E-state index contributed by atoms with van der Waals surface area (Å²) in [6, 6.07) is 5.85. The number of ether oxygens (including phenoxy) is 1. The Kier molecular flexibility index (Phi) is 4.81. The monoisotopic (exact) mass is 321 g/mol. The minimum atomic E-state index is -0.429. The zero-order valence-electron chi connectivity index (χ0n) is 13.7. The average Bonchev–Trinajstić information content (AvgIpc) is 2.90. The van der Waals surface area contributed by atoms with Crippen LogP contribution in [0.5, 0.6) is 0 Å². The molecule has 4 heteroatoms. The van der Waals surface area contributed by atoms with Crippen LogP contribution < -0.4 is 0 Å². The van der Waals surface area contributed by atoms with Crippen LogP contribution in [0.15, 0.2) is 29.4 Å². The van der Waals surface area contributed by atoms with E-state index in [1.807, 2.05) is 18.2 Å². The molecule has 3 rings (SSSR count). The van der Waals surface area contributed by atoms with Crippen molar-refractivity contribution in [3.63, 3.8) is 0 Å². The van der Waals surface area contributed by atoms with E-state index in [2.05, 4.69) is 25.8 Å². The molecule has 0 unspecified atom stereocenters. The molecular formula is C18H27NO2S. The van der Waals surface area contributed by atoms with E-state index < -0.39 is 6.10 Å². The molecule has 2 aliphatic carbocycles. The lowest BCUT2D eigenvalue weighted by Crippen LogP contribution is -2.32. The van der Waals surface area contributed by atoms with E-state index in [9.17, 15) is 5.11 Å². The topological polar surface area (TPSA) is 42.4 Å². The molecule has 0 spiro atoms. The van der Waals surface area contributed by atoms with Gasteiger partial charge in [0.25, 0.3) is 0 Å². The van der Waals surface area contributed by atoms with Gasteiger partial charge in [0.15, 0.2) is 0 Å². The van der Waals surface area contributed by atoms with Crippen LogP contribution in [0.2, 0.25) is 0 Å². The van der Waals surface area contributed by atoms with E-state index in [1.54, 1.807) is 18.0 Å². The number of rotatable bonds is 6. The fourth-order valence-corrected chi connectivity index (χ4v) is 5.42. The van der Waals surface area contributed by atoms with Crippen LogP contribution in [-0.4, -0.2) is 34.7 Å². The van der Waals surface area contributed by atoms with Crippen LogP contribution in [0.4, 0.5) is 0 Å². The van der Waals surface area contributed by atoms with Crippen molar-refractivity contribution in [2.45, 2.75) is 50.8 Å². The summed E-state index contributed by atoms with van der Waals surface area (Å²) in [4.78, 5) is 4.26. The Morgan fingerprint density at radius 3 is 2.77 bits per heavy atom. The van der Waals surface area contributed by atoms with Gasteiger partial charge >= 0.3 is 0 Å². The van der Waals surface area contributed by atoms with E-state index >= 15 is 0 Å². The van der Waals surface area contributed by atoms with Crippen molar-refractivity contribution in [3.8, 4) is 0 Å². The van der Waals surface area contributed by atoms with Gasteiger partial charge < -0.3 is 9.84 Å². The molecule has 5 atom stereocenters. The Balaban J connectivity index is 1.47. The third kappa shape index (κ3) is 3.06. The summed E-state index contributed by atoms with van der Waals surface area (Å²) in [5, 5.41) is 11.1. The highest BCUT2D eigenvalue weighted by molar-refractivity contribution is 7.99. The molecule has 122 valence electrons. The zero-order chi connectivity index (χ0) is 15.7. The van der Waals surface area contributed by atoms with Crippen molar-refractivity contribution < 1.29 is 9.84 Å². The Hall–Kier alpha value is -0.580. The van der Waals surface area contributed by atoms with Gasteiger partial charge in [-0.3, -0.25) is 0 Å². The van der Waals surface area contributed by atoms with Crippen molar-refractivity contribution in [3.05, 3.63) is 24.4 Å². The van der Waals surface area contributed by atoms with Crippen molar-refractivity contribution in [2.24, 2.45) is 23.2 Å². The molecule has 0 radical (unpaired) electrons. The first-order valence-corrected chi connectivity index (χ1v) is 9.32. The maximum absolute atomic E-state index is 10.2. The molecule has 3 nitrogen and oxygen atoms in total. The molecule has 1 N–H and O–H groups in total. The summed E-state index contributed by atoms with van der Waals surface area (Å²) in [5.41, 5.74) is 0.401. The van der Waals surface area contributed by atoms with E-state index in [0.717, 1.165) is 10.9 Å². The molecule has 0 aliphatic heterocycles. The molecule has 1 aromatic rings. The van der Waals surface area contributed by atoms with Crippen molar-refractivity contribution >= 4 is 11.8 Å². The second-order valence-electron chi connectivity index (χ2n) is 7.40. The smallest absolute Gasteiger partial charge is 0.0960 e. The van der Waals surface area contributed by atoms with Gasteiger partial charge in [-0.05, 0) is 48.1 Å². The number of hydrogen-bond donors (Lipinski definition) is 1. The van der Waals surface area contributed by atoms with Gasteiger partial charge in [0.2, 0.25) is 0 Å². The quantitative estimate of drug-likeness (QED) is 0.813. The van der Waals surface area contributed by atoms with Crippen molar-refractivity contribution in [1.29, 1.82) is 0 Å². The third-order valence-corrected chi connectivity index (χ3v) is 6.88. The summed E-state index contributed by atoms with van der Waals surface area (Å²) in [5.74, 6) is 2.69. The second-order valence-corrected chi connectivity index (χ2v) is 8.44. The molecule has 2 fully saturated rings. The van der Waals surface area contributed by atoms with Gasteiger partial charge in [-0.1, -0.05) is 26.8 Å². The van der Waals surface area contributed by atoms with Crippen LogP contribution in [0.25, 0.3) is 0 Å². The number of thioether (sulfide) groups is 1. The van der Waals surface area contributed by atoms with Crippen molar-refractivity contribution in [2.75, 3.05) is 12.4 Å². The lowest BCUT2D eigenvalue weighted by molar-refractivity contribution is -0.0506. The van der Waals surface area contributed by atoms with Gasteiger partial charge in [0, 0.05) is 11.9 Å². The summed E-state index contributed by atoms with van der Waals surface area (Å²) in [6.45, 7) is 7.55. The molecule has 0 aromatic carbocycles. The molecular weight excluding hydrogens is 294 g/mol. The summed E-state index contributed by atoms with van der Waals surface area (Å²) in [7, 11) is 0. The van der Waals surface area contributed by atoms with Gasteiger partial charge in [-0.25, -0.2) is 4.98 Å². The van der Waals surface area contributed by atoms with E-state index in [-0.39, 0.29) is 0 Å². The van der Waals surface area contributed by atoms with Crippen LogP contribution in [0, 0.1) is 23.2 Å². The summed E-state index contributed by atoms with van der Waals surface area (Å²) < 4.78 is 6.15. The molecule has 2 bridgehead atoms. The SMILES string of the molecule is C[C@@H]1[C@H](OC[C@@H](O)CSc2ccccn2)[C@H]2CC[C@H]1C2(C)C. The molecule has 22 heavy (non-hydrogen) atoms. The van der Waals surface area contributed by atoms with Gasteiger partial charge in [-0.2, -0.15) is 0 Å². The van der Waals surface area contributed by atoms with Crippen molar-refractivity contribution in [1.82, 2.24) is 4.98 Å². The lowest BCUT2D eigenvalue weighted by Gasteiger charge is -2.29. The van der Waals surface area contributed by atoms with Gasteiger partial charge in [0.1, 0.15) is 0 Å². The Bertz CT molecular complexity index is 493. The first-order chi connectivity index (χ1) is 10.5. The first-order valence-electron chi connectivity index (χ1n) is 8.33. The molecule has 0 saturated heterocycles. The highest BCUT2D eigenvalue weighted by atomic mass is 32.2. The third-order valence-electron chi connectivity index (χ3n) is 5.79. The maximum atomic E-state index is 10.2. The Morgan fingerprint density at radius 1 is 1.36 bits per heavy atom. The number of fused-ring (bicyclic) bond motifs is 2. The molecule has 2 saturated carbocycles. The second kappa shape index (κ2) is 6.50. The number of aromatic nitrogens is 1. The Labute approximate surface area is 137 Å². The number of pyridine rings is 1. The van der Waals surface area contributed by atoms with Gasteiger partial charge in [0.05, 0.1) is 23.8 Å². The number of aliphatic hydroxyl groups is 1. The van der Waals surface area contributed by atoms with Crippen LogP contribution in [-0.2, 0) is 4.74 Å². The zero-order valence-corrected chi connectivity index (χ0v) is 14.6. The highest BCUT2D eigenvalue weighted by Crippen LogP contribution is 2.60. The van der Waals surface area contributed by atoms with E-state index in [4.69, 9.17) is 4.74 Å². The van der Waals surface area contributed by atoms with Crippen LogP contribution in [0.3, 0.4) is 0 Å². The number of hydrogen-bond acceptors (Lipinski definition) is 4. The lowest BCUT2D eigenvalue weighted by atomic mass is 9.80.